The van der Waals surface area contributed by atoms with Crippen LogP contribution in [0, 0.1) is 0 Å². The monoisotopic (exact) mass is 308 g/mol. The molecule has 1 N–H and O–H groups in total. The highest BCUT2D eigenvalue weighted by atomic mass is 32.2. The summed E-state index contributed by atoms with van der Waals surface area (Å²) < 4.78 is 27.8. The van der Waals surface area contributed by atoms with Gasteiger partial charge in [0.05, 0.1) is 18.1 Å². The number of aliphatic carboxylic acids is 1. The minimum absolute atomic E-state index is 0.0887. The SMILES string of the molecule is COCCN(CC(=O)O)C(=O)N1CCS(=O)(=O)CC1C. The normalized spacial score (nSPS) is 21.5. The fraction of sp³-hybridized carbons (Fsp3) is 0.818. The maximum absolute atomic E-state index is 12.3. The van der Waals surface area contributed by atoms with Gasteiger partial charge in [-0.05, 0) is 6.92 Å². The van der Waals surface area contributed by atoms with Gasteiger partial charge in [0.1, 0.15) is 6.54 Å². The van der Waals surface area contributed by atoms with Crippen molar-refractivity contribution in [1.29, 1.82) is 0 Å². The lowest BCUT2D eigenvalue weighted by atomic mass is 10.3. The number of carbonyl (C=O) groups excluding carboxylic acids is 1. The van der Waals surface area contributed by atoms with Crippen LogP contribution < -0.4 is 0 Å². The van der Waals surface area contributed by atoms with Gasteiger partial charge in [-0.3, -0.25) is 4.79 Å². The lowest BCUT2D eigenvalue weighted by molar-refractivity contribution is -0.137. The highest BCUT2D eigenvalue weighted by Gasteiger charge is 2.33. The molecule has 9 heteroatoms. The molecule has 20 heavy (non-hydrogen) atoms. The van der Waals surface area contributed by atoms with Gasteiger partial charge in [-0.15, -0.1) is 0 Å². The summed E-state index contributed by atoms with van der Waals surface area (Å²) in [6.07, 6.45) is 0. The van der Waals surface area contributed by atoms with Crippen molar-refractivity contribution in [3.8, 4) is 0 Å². The predicted octanol–water partition coefficient (Wildman–Crippen LogP) is -0.742. The third-order valence-electron chi connectivity index (χ3n) is 3.08. The van der Waals surface area contributed by atoms with Gasteiger partial charge in [0, 0.05) is 26.2 Å². The van der Waals surface area contributed by atoms with Crippen molar-refractivity contribution in [2.24, 2.45) is 0 Å². The van der Waals surface area contributed by atoms with Crippen LogP contribution in [-0.2, 0) is 19.4 Å². The lowest BCUT2D eigenvalue weighted by Crippen LogP contribution is -2.55. The molecule has 8 nitrogen and oxygen atoms in total. The van der Waals surface area contributed by atoms with Crippen LogP contribution in [0.3, 0.4) is 0 Å². The van der Waals surface area contributed by atoms with Crippen molar-refractivity contribution in [3.05, 3.63) is 0 Å². The van der Waals surface area contributed by atoms with Crippen LogP contribution >= 0.6 is 0 Å². The Morgan fingerprint density at radius 2 is 2.10 bits per heavy atom. The molecular formula is C11H20N2O6S. The molecule has 0 aromatic rings. The first kappa shape index (κ1) is 16.7. The molecule has 0 aromatic heterocycles. The van der Waals surface area contributed by atoms with Crippen LogP contribution in [0.1, 0.15) is 6.92 Å². The molecule has 1 heterocycles. The summed E-state index contributed by atoms with van der Waals surface area (Å²) in [5.74, 6) is -1.30. The zero-order valence-electron chi connectivity index (χ0n) is 11.6. The molecule has 1 aliphatic rings. The van der Waals surface area contributed by atoms with E-state index in [1.165, 1.54) is 12.0 Å². The first-order chi connectivity index (χ1) is 9.26. The molecule has 1 rings (SSSR count). The van der Waals surface area contributed by atoms with Crippen molar-refractivity contribution in [2.45, 2.75) is 13.0 Å². The average Bonchev–Trinajstić information content (AvgIpc) is 2.32. The number of carboxylic acids is 1. The Morgan fingerprint density at radius 1 is 1.45 bits per heavy atom. The highest BCUT2D eigenvalue weighted by Crippen LogP contribution is 2.14. The van der Waals surface area contributed by atoms with Crippen LogP contribution in [-0.4, -0.2) is 86.2 Å². The zero-order valence-corrected chi connectivity index (χ0v) is 12.4. The zero-order chi connectivity index (χ0) is 15.3. The van der Waals surface area contributed by atoms with E-state index in [9.17, 15) is 18.0 Å². The number of hydrogen-bond acceptors (Lipinski definition) is 5. The van der Waals surface area contributed by atoms with E-state index in [1.807, 2.05) is 0 Å². The number of ether oxygens (including phenoxy) is 1. The molecule has 1 unspecified atom stereocenters. The third kappa shape index (κ3) is 4.64. The molecule has 116 valence electrons. The fourth-order valence-electron chi connectivity index (χ4n) is 2.07. The predicted molar refractivity (Wildman–Crippen MR) is 71.3 cm³/mol. The molecule has 2 amide bonds. The molecule has 0 spiro atoms. The molecule has 1 fully saturated rings. The van der Waals surface area contributed by atoms with Crippen molar-refractivity contribution < 1.29 is 27.9 Å². The maximum Gasteiger partial charge on any atom is 0.323 e. The number of carboxylic acid groups (broad SMARTS) is 1. The molecular weight excluding hydrogens is 288 g/mol. The van der Waals surface area contributed by atoms with E-state index in [4.69, 9.17) is 9.84 Å². The number of hydrogen-bond donors (Lipinski definition) is 1. The number of urea groups is 1. The Kier molecular flexibility index (Phi) is 5.75. The van der Waals surface area contributed by atoms with E-state index < -0.39 is 34.4 Å². The first-order valence-electron chi connectivity index (χ1n) is 6.23. The van der Waals surface area contributed by atoms with E-state index in [-0.39, 0.29) is 31.2 Å². The maximum atomic E-state index is 12.3. The minimum Gasteiger partial charge on any atom is -0.480 e. The summed E-state index contributed by atoms with van der Waals surface area (Å²) in [7, 11) is -1.66. The largest absolute Gasteiger partial charge is 0.480 e. The summed E-state index contributed by atoms with van der Waals surface area (Å²) in [5, 5.41) is 8.83. The molecule has 1 saturated heterocycles. The summed E-state index contributed by atoms with van der Waals surface area (Å²) in [4.78, 5) is 25.7. The Hall–Kier alpha value is -1.35. The van der Waals surface area contributed by atoms with Gasteiger partial charge in [0.15, 0.2) is 9.84 Å². The van der Waals surface area contributed by atoms with Crippen molar-refractivity contribution in [2.75, 3.05) is 44.9 Å². The van der Waals surface area contributed by atoms with Crippen molar-refractivity contribution in [1.82, 2.24) is 9.80 Å². The van der Waals surface area contributed by atoms with Crippen molar-refractivity contribution >= 4 is 21.8 Å². The van der Waals surface area contributed by atoms with Crippen LogP contribution in [0.5, 0.6) is 0 Å². The second kappa shape index (κ2) is 6.89. The molecule has 0 aliphatic carbocycles. The number of sulfone groups is 1. The second-order valence-corrected chi connectivity index (χ2v) is 6.98. The summed E-state index contributed by atoms with van der Waals surface area (Å²) in [6, 6.07) is -0.924. The van der Waals surface area contributed by atoms with Gasteiger partial charge in [0.2, 0.25) is 0 Å². The highest BCUT2D eigenvalue weighted by molar-refractivity contribution is 7.91. The summed E-state index contributed by atoms with van der Waals surface area (Å²) in [6.45, 7) is 1.67. The standard InChI is InChI=1S/C11H20N2O6S/c1-9-8-20(17,18)6-4-13(9)11(16)12(3-5-19-2)7-10(14)15/h9H,3-8H2,1-2H3,(H,14,15). The van der Waals surface area contributed by atoms with Gasteiger partial charge < -0.3 is 19.6 Å². The Balaban J connectivity index is 2.75. The number of rotatable bonds is 5. The molecule has 0 aromatic carbocycles. The van der Waals surface area contributed by atoms with E-state index in [0.29, 0.717) is 0 Å². The van der Waals surface area contributed by atoms with Gasteiger partial charge in [-0.1, -0.05) is 0 Å². The molecule has 0 radical (unpaired) electrons. The van der Waals surface area contributed by atoms with Crippen LogP contribution in [0.4, 0.5) is 4.79 Å². The van der Waals surface area contributed by atoms with Gasteiger partial charge in [0.25, 0.3) is 0 Å². The number of amides is 2. The molecule has 1 atom stereocenters. The van der Waals surface area contributed by atoms with Gasteiger partial charge in [-0.2, -0.15) is 0 Å². The number of methoxy groups -OCH3 is 1. The lowest BCUT2D eigenvalue weighted by Gasteiger charge is -2.36. The summed E-state index contributed by atoms with van der Waals surface area (Å²) >= 11 is 0. The Labute approximate surface area is 118 Å². The van der Waals surface area contributed by atoms with Gasteiger partial charge >= 0.3 is 12.0 Å². The van der Waals surface area contributed by atoms with Crippen LogP contribution in [0.15, 0.2) is 0 Å². The first-order valence-corrected chi connectivity index (χ1v) is 8.05. The topological polar surface area (TPSA) is 104 Å². The molecule has 0 saturated carbocycles. The summed E-state index contributed by atoms with van der Waals surface area (Å²) in [5.41, 5.74) is 0. The van der Waals surface area contributed by atoms with E-state index in [2.05, 4.69) is 0 Å². The van der Waals surface area contributed by atoms with Crippen LogP contribution in [0.25, 0.3) is 0 Å². The quantitative estimate of drug-likeness (QED) is 0.717. The van der Waals surface area contributed by atoms with Crippen molar-refractivity contribution in [3.63, 3.8) is 0 Å². The van der Waals surface area contributed by atoms with Crippen LogP contribution in [0.2, 0.25) is 0 Å². The minimum atomic E-state index is -3.12. The second-order valence-electron chi connectivity index (χ2n) is 4.75. The fourth-order valence-corrected chi connectivity index (χ4v) is 3.63. The number of nitrogens with zero attached hydrogens (tertiary/aromatic N) is 2. The van der Waals surface area contributed by atoms with E-state index in [1.54, 1.807) is 6.92 Å². The molecule has 0 bridgehead atoms. The Bertz CT molecular complexity index is 464. The average molecular weight is 308 g/mol. The van der Waals surface area contributed by atoms with Gasteiger partial charge in [-0.25, -0.2) is 13.2 Å². The third-order valence-corrected chi connectivity index (χ3v) is 4.87. The van der Waals surface area contributed by atoms with E-state index >= 15 is 0 Å². The molecule has 1 aliphatic heterocycles. The van der Waals surface area contributed by atoms with E-state index in [0.717, 1.165) is 4.90 Å². The Morgan fingerprint density at radius 3 is 2.60 bits per heavy atom. The smallest absolute Gasteiger partial charge is 0.323 e. The number of carbonyl (C=O) groups is 2.